The first kappa shape index (κ1) is 15.9. The molecule has 1 N–H and O–H groups in total. The molecule has 0 bridgehead atoms. The van der Waals surface area contributed by atoms with E-state index in [2.05, 4.69) is 5.32 Å². The second kappa shape index (κ2) is 6.88. The topological polar surface area (TPSA) is 75.5 Å². The summed E-state index contributed by atoms with van der Waals surface area (Å²) < 4.78 is 0. The van der Waals surface area contributed by atoms with Crippen LogP contribution in [-0.4, -0.2) is 35.4 Å². The summed E-state index contributed by atoms with van der Waals surface area (Å²) in [5.41, 5.74) is 0.860. The standard InChI is InChI=1S/C14H21N3O3/c1-5-8-16(10(2)3)14(18)12-9-11(17(19)20)6-7-13(12)15-4/h6-7,9-10,15H,5,8H2,1-4H3. The van der Waals surface area contributed by atoms with Crippen LogP contribution in [-0.2, 0) is 0 Å². The number of benzene rings is 1. The van der Waals surface area contributed by atoms with Crippen LogP contribution >= 0.6 is 0 Å². The summed E-state index contributed by atoms with van der Waals surface area (Å²) >= 11 is 0. The van der Waals surface area contributed by atoms with Crippen molar-refractivity contribution in [2.75, 3.05) is 18.9 Å². The SMILES string of the molecule is CCCN(C(=O)c1cc([N+](=O)[O-])ccc1NC)C(C)C. The Kier molecular flexibility index (Phi) is 5.49. The minimum Gasteiger partial charge on any atom is -0.387 e. The Balaban J connectivity index is 3.23. The van der Waals surface area contributed by atoms with Gasteiger partial charge >= 0.3 is 0 Å². The van der Waals surface area contributed by atoms with Gasteiger partial charge in [0.1, 0.15) is 0 Å². The molecule has 0 aromatic heterocycles. The molecule has 0 saturated carbocycles. The van der Waals surface area contributed by atoms with Gasteiger partial charge in [-0.2, -0.15) is 0 Å². The Morgan fingerprint density at radius 1 is 1.45 bits per heavy atom. The fourth-order valence-corrected chi connectivity index (χ4v) is 2.03. The van der Waals surface area contributed by atoms with E-state index in [0.717, 1.165) is 6.42 Å². The molecule has 0 atom stereocenters. The van der Waals surface area contributed by atoms with Gasteiger partial charge in [-0.1, -0.05) is 6.92 Å². The van der Waals surface area contributed by atoms with E-state index in [1.165, 1.54) is 12.1 Å². The average molecular weight is 279 g/mol. The van der Waals surface area contributed by atoms with Gasteiger partial charge in [-0.05, 0) is 26.3 Å². The number of rotatable bonds is 6. The molecule has 110 valence electrons. The zero-order valence-corrected chi connectivity index (χ0v) is 12.3. The number of nitro groups is 1. The fraction of sp³-hybridized carbons (Fsp3) is 0.500. The van der Waals surface area contributed by atoms with E-state index in [-0.39, 0.29) is 17.6 Å². The molecular weight excluding hydrogens is 258 g/mol. The number of amides is 1. The Morgan fingerprint density at radius 2 is 2.10 bits per heavy atom. The van der Waals surface area contributed by atoms with Gasteiger partial charge in [0.2, 0.25) is 0 Å². The number of nitrogens with zero attached hydrogens (tertiary/aromatic N) is 2. The van der Waals surface area contributed by atoms with Gasteiger partial charge in [0.25, 0.3) is 11.6 Å². The van der Waals surface area contributed by atoms with Crippen molar-refractivity contribution in [3.05, 3.63) is 33.9 Å². The van der Waals surface area contributed by atoms with Crippen molar-refractivity contribution in [2.45, 2.75) is 33.2 Å². The Labute approximate surface area is 118 Å². The molecule has 6 heteroatoms. The van der Waals surface area contributed by atoms with Gasteiger partial charge in [0.15, 0.2) is 0 Å². The zero-order chi connectivity index (χ0) is 15.3. The predicted molar refractivity (Wildman–Crippen MR) is 79.1 cm³/mol. The number of hydrogen-bond acceptors (Lipinski definition) is 4. The first-order chi connectivity index (χ1) is 9.42. The van der Waals surface area contributed by atoms with E-state index in [0.29, 0.717) is 17.8 Å². The highest BCUT2D eigenvalue weighted by molar-refractivity contribution is 6.00. The Bertz CT molecular complexity index is 500. The minimum absolute atomic E-state index is 0.0476. The molecule has 6 nitrogen and oxygen atoms in total. The molecule has 0 spiro atoms. The number of nitrogens with one attached hydrogen (secondary N) is 1. The maximum absolute atomic E-state index is 12.6. The van der Waals surface area contributed by atoms with E-state index in [1.807, 2.05) is 20.8 Å². The Morgan fingerprint density at radius 3 is 2.55 bits per heavy atom. The monoisotopic (exact) mass is 279 g/mol. The first-order valence-corrected chi connectivity index (χ1v) is 6.69. The van der Waals surface area contributed by atoms with Crippen molar-refractivity contribution < 1.29 is 9.72 Å². The van der Waals surface area contributed by atoms with Crippen LogP contribution in [0, 0.1) is 10.1 Å². The van der Waals surface area contributed by atoms with Gasteiger partial charge < -0.3 is 10.2 Å². The molecule has 0 fully saturated rings. The first-order valence-electron chi connectivity index (χ1n) is 6.69. The quantitative estimate of drug-likeness (QED) is 0.641. The van der Waals surface area contributed by atoms with Gasteiger partial charge in [0, 0.05) is 37.5 Å². The van der Waals surface area contributed by atoms with Crippen LogP contribution in [0.25, 0.3) is 0 Å². The molecule has 0 heterocycles. The predicted octanol–water partition coefficient (Wildman–Crippen LogP) is 2.90. The molecule has 0 saturated heterocycles. The van der Waals surface area contributed by atoms with E-state index >= 15 is 0 Å². The van der Waals surface area contributed by atoms with E-state index in [4.69, 9.17) is 0 Å². The van der Waals surface area contributed by atoms with Crippen molar-refractivity contribution >= 4 is 17.3 Å². The highest BCUT2D eigenvalue weighted by Gasteiger charge is 2.22. The summed E-state index contributed by atoms with van der Waals surface area (Å²) in [5.74, 6) is -0.185. The summed E-state index contributed by atoms with van der Waals surface area (Å²) in [6.07, 6.45) is 0.841. The second-order valence-electron chi connectivity index (χ2n) is 4.83. The third-order valence-electron chi connectivity index (χ3n) is 3.06. The average Bonchev–Trinajstić information content (AvgIpc) is 2.42. The highest BCUT2D eigenvalue weighted by atomic mass is 16.6. The molecule has 0 radical (unpaired) electrons. The van der Waals surface area contributed by atoms with Crippen LogP contribution < -0.4 is 5.32 Å². The summed E-state index contributed by atoms with van der Waals surface area (Å²) in [5, 5.41) is 13.8. The van der Waals surface area contributed by atoms with E-state index in [1.54, 1.807) is 18.0 Å². The summed E-state index contributed by atoms with van der Waals surface area (Å²) in [6.45, 7) is 6.49. The van der Waals surface area contributed by atoms with Gasteiger partial charge in [-0.15, -0.1) is 0 Å². The number of carbonyl (C=O) groups excluding carboxylic acids is 1. The van der Waals surface area contributed by atoms with Crippen molar-refractivity contribution in [1.82, 2.24) is 4.90 Å². The van der Waals surface area contributed by atoms with Crippen LogP contribution in [0.1, 0.15) is 37.6 Å². The maximum Gasteiger partial charge on any atom is 0.270 e. The fourth-order valence-electron chi connectivity index (χ4n) is 2.03. The van der Waals surface area contributed by atoms with Crippen molar-refractivity contribution in [3.63, 3.8) is 0 Å². The van der Waals surface area contributed by atoms with Crippen molar-refractivity contribution in [1.29, 1.82) is 0 Å². The third kappa shape index (κ3) is 3.46. The highest BCUT2D eigenvalue weighted by Crippen LogP contribution is 2.24. The molecule has 0 unspecified atom stereocenters. The maximum atomic E-state index is 12.6. The lowest BCUT2D eigenvalue weighted by Gasteiger charge is -2.27. The smallest absolute Gasteiger partial charge is 0.270 e. The second-order valence-corrected chi connectivity index (χ2v) is 4.83. The third-order valence-corrected chi connectivity index (χ3v) is 3.06. The number of nitro benzene ring substituents is 1. The molecule has 1 aromatic rings. The zero-order valence-electron chi connectivity index (χ0n) is 12.3. The van der Waals surface area contributed by atoms with Crippen LogP contribution in [0.4, 0.5) is 11.4 Å². The lowest BCUT2D eigenvalue weighted by Crippen LogP contribution is -2.37. The number of carbonyl (C=O) groups is 1. The molecule has 1 amide bonds. The summed E-state index contributed by atoms with van der Waals surface area (Å²) in [7, 11) is 1.69. The molecule has 20 heavy (non-hydrogen) atoms. The van der Waals surface area contributed by atoms with E-state index < -0.39 is 4.92 Å². The van der Waals surface area contributed by atoms with Crippen LogP contribution in [0.15, 0.2) is 18.2 Å². The van der Waals surface area contributed by atoms with Gasteiger partial charge in [-0.25, -0.2) is 0 Å². The summed E-state index contributed by atoms with van der Waals surface area (Å²) in [6, 6.07) is 4.34. The lowest BCUT2D eigenvalue weighted by molar-refractivity contribution is -0.384. The molecule has 1 aromatic carbocycles. The van der Waals surface area contributed by atoms with Gasteiger partial charge in [-0.3, -0.25) is 14.9 Å². The van der Waals surface area contributed by atoms with Gasteiger partial charge in [0.05, 0.1) is 10.5 Å². The summed E-state index contributed by atoms with van der Waals surface area (Å²) in [4.78, 5) is 24.7. The molecular formula is C14H21N3O3. The number of non-ortho nitro benzene ring substituents is 1. The number of hydrogen-bond donors (Lipinski definition) is 1. The van der Waals surface area contributed by atoms with Crippen molar-refractivity contribution in [2.24, 2.45) is 0 Å². The van der Waals surface area contributed by atoms with Crippen LogP contribution in [0.5, 0.6) is 0 Å². The molecule has 1 rings (SSSR count). The lowest BCUT2D eigenvalue weighted by atomic mass is 10.1. The van der Waals surface area contributed by atoms with Crippen LogP contribution in [0.2, 0.25) is 0 Å². The Hall–Kier alpha value is -2.11. The van der Waals surface area contributed by atoms with Crippen LogP contribution in [0.3, 0.4) is 0 Å². The molecule has 0 aliphatic heterocycles. The normalized spacial score (nSPS) is 10.4. The molecule has 0 aliphatic carbocycles. The molecule has 0 aliphatic rings. The minimum atomic E-state index is -0.490. The largest absolute Gasteiger partial charge is 0.387 e. The van der Waals surface area contributed by atoms with E-state index in [9.17, 15) is 14.9 Å². The van der Waals surface area contributed by atoms with Crippen molar-refractivity contribution in [3.8, 4) is 0 Å². The number of anilines is 1.